The van der Waals surface area contributed by atoms with Crippen LogP contribution in [0.3, 0.4) is 0 Å². The maximum absolute atomic E-state index is 13.0. The van der Waals surface area contributed by atoms with Crippen LogP contribution in [-0.4, -0.2) is 74.2 Å². The van der Waals surface area contributed by atoms with Gasteiger partial charge in [0.1, 0.15) is 18.0 Å². The van der Waals surface area contributed by atoms with E-state index < -0.39 is 54.0 Å². The summed E-state index contributed by atoms with van der Waals surface area (Å²) in [6, 6.07) is 3.19. The van der Waals surface area contributed by atoms with Crippen LogP contribution in [0.2, 0.25) is 0 Å². The summed E-state index contributed by atoms with van der Waals surface area (Å²) in [5.41, 5.74) is 4.95. The van der Waals surface area contributed by atoms with Crippen molar-refractivity contribution in [3.05, 3.63) is 29.8 Å². The Hall–Kier alpha value is -3.61. The zero-order valence-electron chi connectivity index (χ0n) is 20.1. The van der Waals surface area contributed by atoms with Gasteiger partial charge in [-0.1, -0.05) is 13.8 Å². The van der Waals surface area contributed by atoms with Crippen molar-refractivity contribution < 1.29 is 28.8 Å². The SMILES string of the molecule is [B]C(=O)CNC(=O)[C@H](CCCNC(N)=O)NC(=O)C(NC(=O)c1ccc(NC(=O)CCl)cc1)C(C)C. The van der Waals surface area contributed by atoms with Gasteiger partial charge in [-0.2, -0.15) is 0 Å². The number of urea groups is 1. The number of alkyl halides is 1. The van der Waals surface area contributed by atoms with E-state index in [1.54, 1.807) is 13.8 Å². The lowest BCUT2D eigenvalue weighted by molar-refractivity contribution is -0.131. The monoisotopic (exact) mass is 520 g/mol. The number of carbonyl (C=O) groups is 6. The van der Waals surface area contributed by atoms with Gasteiger partial charge in [0, 0.05) is 17.8 Å². The first-order chi connectivity index (χ1) is 16.9. The maximum atomic E-state index is 13.0. The standard InChI is InChI=1S/C22H30BClN6O6/c1-12(2)18(30-19(33)13-5-7-14(8-6-13)28-17(32)10-24)21(35)29-15(4-3-9-26-22(25)36)20(34)27-11-16(23)31/h5-8,12,15,18H,3-4,9-11H2,1-2H3,(H,27,34)(H,28,32)(H,29,35)(H,30,33)(H3,25,26,36)/t15-,18?/m0/s1. The van der Waals surface area contributed by atoms with Crippen molar-refractivity contribution in [3.8, 4) is 0 Å². The molecule has 1 aromatic carbocycles. The highest BCUT2D eigenvalue weighted by molar-refractivity contribution is 6.58. The summed E-state index contributed by atoms with van der Waals surface area (Å²) in [5, 5.41) is 12.5. The van der Waals surface area contributed by atoms with E-state index in [9.17, 15) is 28.8 Å². The predicted molar refractivity (Wildman–Crippen MR) is 134 cm³/mol. The summed E-state index contributed by atoms with van der Waals surface area (Å²) in [6.07, 6.45) is 0.411. The quantitative estimate of drug-likeness (QED) is 0.107. The zero-order chi connectivity index (χ0) is 27.3. The summed E-state index contributed by atoms with van der Waals surface area (Å²) < 4.78 is 0. The Kier molecular flexibility index (Phi) is 13.0. The lowest BCUT2D eigenvalue weighted by Gasteiger charge is -2.25. The number of hydrogen-bond donors (Lipinski definition) is 6. The Morgan fingerprint density at radius 3 is 2.14 bits per heavy atom. The van der Waals surface area contributed by atoms with Crippen molar-refractivity contribution in [2.24, 2.45) is 11.7 Å². The van der Waals surface area contributed by atoms with Crippen LogP contribution in [0, 0.1) is 5.92 Å². The molecule has 12 nitrogen and oxygen atoms in total. The smallest absolute Gasteiger partial charge is 0.312 e. The molecule has 1 unspecified atom stereocenters. The number of nitrogens with one attached hydrogen (secondary N) is 5. The third kappa shape index (κ3) is 11.2. The van der Waals surface area contributed by atoms with Gasteiger partial charge in [0.05, 0.1) is 12.2 Å². The van der Waals surface area contributed by atoms with Crippen LogP contribution in [0.5, 0.6) is 0 Å². The van der Waals surface area contributed by atoms with E-state index in [4.69, 9.17) is 25.2 Å². The second kappa shape index (κ2) is 15.4. The second-order valence-electron chi connectivity index (χ2n) is 8.13. The molecule has 194 valence electrons. The lowest BCUT2D eigenvalue weighted by Crippen LogP contribution is -2.55. The number of rotatable bonds is 14. The van der Waals surface area contributed by atoms with Crippen LogP contribution >= 0.6 is 11.6 Å². The first kappa shape index (κ1) is 30.4. The number of amides is 6. The topological polar surface area (TPSA) is 189 Å². The average Bonchev–Trinajstić information content (AvgIpc) is 2.82. The minimum atomic E-state index is -1.06. The number of hydrogen-bond acceptors (Lipinski definition) is 6. The van der Waals surface area contributed by atoms with Crippen LogP contribution < -0.4 is 32.3 Å². The van der Waals surface area contributed by atoms with Crippen LogP contribution in [0.25, 0.3) is 0 Å². The highest BCUT2D eigenvalue weighted by Gasteiger charge is 2.29. The van der Waals surface area contributed by atoms with E-state index in [-0.39, 0.29) is 30.3 Å². The molecule has 1 rings (SSSR count). The van der Waals surface area contributed by atoms with Crippen LogP contribution in [-0.2, 0) is 19.2 Å². The summed E-state index contributed by atoms with van der Waals surface area (Å²) >= 11 is 5.45. The molecule has 0 aliphatic heterocycles. The van der Waals surface area contributed by atoms with E-state index >= 15 is 0 Å². The van der Waals surface area contributed by atoms with Crippen molar-refractivity contribution in [3.63, 3.8) is 0 Å². The number of carbonyl (C=O) groups excluding carboxylic acids is 6. The summed E-state index contributed by atoms with van der Waals surface area (Å²) in [4.78, 5) is 71.5. The Balaban J connectivity index is 2.89. The summed E-state index contributed by atoms with van der Waals surface area (Å²) in [7, 11) is 5.06. The van der Waals surface area contributed by atoms with Gasteiger partial charge in [-0.15, -0.1) is 11.6 Å². The minimum absolute atomic E-state index is 0.116. The number of nitrogens with two attached hydrogens (primary N) is 1. The van der Waals surface area contributed by atoms with Crippen LogP contribution in [0.1, 0.15) is 37.0 Å². The Labute approximate surface area is 215 Å². The highest BCUT2D eigenvalue weighted by atomic mass is 35.5. The number of benzene rings is 1. The van der Waals surface area contributed by atoms with Crippen LogP contribution in [0.4, 0.5) is 10.5 Å². The molecule has 0 fully saturated rings. The summed E-state index contributed by atoms with van der Waals surface area (Å²) in [6.45, 7) is 3.18. The van der Waals surface area contributed by atoms with E-state index in [1.165, 1.54) is 24.3 Å². The van der Waals surface area contributed by atoms with Gasteiger partial charge >= 0.3 is 6.03 Å². The van der Waals surface area contributed by atoms with E-state index in [2.05, 4.69) is 26.6 Å². The van der Waals surface area contributed by atoms with Gasteiger partial charge in [-0.3, -0.25) is 19.2 Å². The highest BCUT2D eigenvalue weighted by Crippen LogP contribution is 2.11. The molecule has 0 aromatic heterocycles. The normalized spacial score (nSPS) is 12.1. The van der Waals surface area contributed by atoms with Gasteiger partial charge < -0.3 is 37.1 Å². The third-order valence-electron chi connectivity index (χ3n) is 4.83. The molecule has 0 aliphatic carbocycles. The van der Waals surface area contributed by atoms with E-state index in [0.717, 1.165) is 0 Å². The maximum Gasteiger partial charge on any atom is 0.312 e. The van der Waals surface area contributed by atoms with Crippen molar-refractivity contribution in [1.82, 2.24) is 21.3 Å². The Morgan fingerprint density at radius 2 is 1.61 bits per heavy atom. The molecule has 0 bridgehead atoms. The molecular weight excluding hydrogens is 491 g/mol. The predicted octanol–water partition coefficient (Wildman–Crippen LogP) is -0.637. The minimum Gasteiger partial charge on any atom is -0.352 e. The number of halogens is 1. The molecule has 0 saturated heterocycles. The molecule has 2 radical (unpaired) electrons. The van der Waals surface area contributed by atoms with Gasteiger partial charge in [-0.25, -0.2) is 4.79 Å². The Bertz CT molecular complexity index is 959. The molecule has 0 saturated carbocycles. The molecule has 0 aliphatic rings. The molecule has 7 N–H and O–H groups in total. The first-order valence-electron chi connectivity index (χ1n) is 11.1. The zero-order valence-corrected chi connectivity index (χ0v) is 20.8. The van der Waals surface area contributed by atoms with E-state index in [1.807, 2.05) is 0 Å². The molecule has 1 aromatic rings. The molecule has 6 amide bonds. The molecule has 2 atom stereocenters. The van der Waals surface area contributed by atoms with Crippen molar-refractivity contribution >= 4 is 60.5 Å². The lowest BCUT2D eigenvalue weighted by atomic mass is 10.0. The van der Waals surface area contributed by atoms with Gasteiger partial charge in [0.25, 0.3) is 5.91 Å². The fourth-order valence-electron chi connectivity index (χ4n) is 3.00. The summed E-state index contributed by atoms with van der Waals surface area (Å²) in [5.74, 6) is -2.76. The van der Waals surface area contributed by atoms with Crippen LogP contribution in [0.15, 0.2) is 24.3 Å². The third-order valence-corrected chi connectivity index (χ3v) is 5.07. The molecule has 36 heavy (non-hydrogen) atoms. The molecule has 0 spiro atoms. The van der Waals surface area contributed by atoms with Gasteiger partial charge in [0.2, 0.25) is 17.7 Å². The fourth-order valence-corrected chi connectivity index (χ4v) is 3.07. The molecular formula is C22H30BClN6O6. The van der Waals surface area contributed by atoms with Gasteiger partial charge in [0.15, 0.2) is 7.85 Å². The van der Waals surface area contributed by atoms with Crippen molar-refractivity contribution in [2.45, 2.75) is 38.8 Å². The molecule has 0 heterocycles. The number of primary amides is 1. The first-order valence-corrected chi connectivity index (χ1v) is 11.6. The van der Waals surface area contributed by atoms with Crippen molar-refractivity contribution in [1.29, 1.82) is 0 Å². The van der Waals surface area contributed by atoms with E-state index in [0.29, 0.717) is 12.1 Å². The fraction of sp³-hybridized carbons (Fsp3) is 0.455. The molecule has 14 heteroatoms. The largest absolute Gasteiger partial charge is 0.352 e. The van der Waals surface area contributed by atoms with Crippen molar-refractivity contribution in [2.75, 3.05) is 24.3 Å². The Morgan fingerprint density at radius 1 is 0.972 bits per heavy atom. The number of anilines is 1. The second-order valence-corrected chi connectivity index (χ2v) is 8.40. The average molecular weight is 521 g/mol. The van der Waals surface area contributed by atoms with Gasteiger partial charge in [-0.05, 0) is 43.0 Å².